The van der Waals surface area contributed by atoms with Crippen molar-refractivity contribution in [2.75, 3.05) is 24.8 Å². The first-order valence-corrected chi connectivity index (χ1v) is 6.21. The highest BCUT2D eigenvalue weighted by molar-refractivity contribution is 5.92. The van der Waals surface area contributed by atoms with Crippen LogP contribution in [0.3, 0.4) is 0 Å². The fourth-order valence-electron chi connectivity index (χ4n) is 1.71. The van der Waals surface area contributed by atoms with Gasteiger partial charge in [0, 0.05) is 11.8 Å². The molecule has 1 amide bonds. The monoisotopic (exact) mass is 290 g/mol. The van der Waals surface area contributed by atoms with E-state index in [1.807, 2.05) is 0 Å². The van der Waals surface area contributed by atoms with Crippen LogP contribution in [-0.2, 0) is 4.79 Å². The van der Waals surface area contributed by atoms with Crippen LogP contribution >= 0.6 is 0 Å². The lowest BCUT2D eigenvalue weighted by Crippen LogP contribution is -2.20. The Hall–Kier alpha value is -2.76. The number of ether oxygens (including phenoxy) is 2. The van der Waals surface area contributed by atoms with Gasteiger partial charge in [0.25, 0.3) is 5.91 Å². The fraction of sp³-hybridized carbons (Fsp3) is 0.133. The summed E-state index contributed by atoms with van der Waals surface area (Å²) >= 11 is 0. The van der Waals surface area contributed by atoms with Gasteiger partial charge in [-0.1, -0.05) is 12.1 Å². The van der Waals surface area contributed by atoms with E-state index in [1.165, 1.54) is 25.3 Å². The topological polar surface area (TPSA) is 73.6 Å². The summed E-state index contributed by atoms with van der Waals surface area (Å²) in [7, 11) is 1.53. The van der Waals surface area contributed by atoms with E-state index in [2.05, 4.69) is 5.32 Å². The molecule has 5 nitrogen and oxygen atoms in total. The minimum absolute atomic E-state index is 0.127. The molecule has 110 valence electrons. The molecule has 21 heavy (non-hydrogen) atoms. The number of benzene rings is 2. The maximum absolute atomic E-state index is 13.5. The van der Waals surface area contributed by atoms with E-state index in [-0.39, 0.29) is 18.0 Å². The second-order valence-electron chi connectivity index (χ2n) is 4.23. The molecule has 0 heterocycles. The predicted molar refractivity (Wildman–Crippen MR) is 77.9 cm³/mol. The molecule has 2 aromatic rings. The van der Waals surface area contributed by atoms with Crippen LogP contribution < -0.4 is 20.5 Å². The van der Waals surface area contributed by atoms with Gasteiger partial charge in [-0.3, -0.25) is 4.79 Å². The fourth-order valence-corrected chi connectivity index (χ4v) is 1.71. The number of nitrogen functional groups attached to an aromatic ring is 1. The molecule has 0 atom stereocenters. The number of carbonyl (C=O) groups excluding carboxylic acids is 1. The van der Waals surface area contributed by atoms with Gasteiger partial charge < -0.3 is 20.5 Å². The molecule has 2 rings (SSSR count). The Kier molecular flexibility index (Phi) is 4.61. The lowest BCUT2D eigenvalue weighted by Gasteiger charge is -2.10. The quantitative estimate of drug-likeness (QED) is 0.829. The highest BCUT2D eigenvalue weighted by Crippen LogP contribution is 2.24. The maximum Gasteiger partial charge on any atom is 0.262 e. The van der Waals surface area contributed by atoms with Crippen molar-refractivity contribution < 1.29 is 18.7 Å². The molecule has 0 fully saturated rings. The molecular formula is C15H15FN2O3. The number of nitrogens with two attached hydrogens (primary N) is 1. The number of halogens is 1. The Morgan fingerprint density at radius 1 is 1.29 bits per heavy atom. The molecule has 3 N–H and O–H groups in total. The van der Waals surface area contributed by atoms with Gasteiger partial charge in [0.05, 0.1) is 12.8 Å². The van der Waals surface area contributed by atoms with Gasteiger partial charge >= 0.3 is 0 Å². The van der Waals surface area contributed by atoms with Crippen LogP contribution in [0.1, 0.15) is 0 Å². The zero-order valence-corrected chi connectivity index (χ0v) is 11.4. The SMILES string of the molecule is COc1cccc(NC(=O)COc2c(N)cccc2F)c1. The van der Waals surface area contributed by atoms with Crippen LogP contribution in [0.15, 0.2) is 42.5 Å². The lowest BCUT2D eigenvalue weighted by molar-refractivity contribution is -0.118. The molecule has 0 saturated carbocycles. The van der Waals surface area contributed by atoms with Crippen LogP contribution in [0.4, 0.5) is 15.8 Å². The lowest BCUT2D eigenvalue weighted by atomic mass is 10.3. The second-order valence-corrected chi connectivity index (χ2v) is 4.23. The van der Waals surface area contributed by atoms with Crippen molar-refractivity contribution >= 4 is 17.3 Å². The summed E-state index contributed by atoms with van der Waals surface area (Å²) in [5.41, 5.74) is 6.29. The zero-order chi connectivity index (χ0) is 15.2. The van der Waals surface area contributed by atoms with E-state index in [1.54, 1.807) is 24.3 Å². The average molecular weight is 290 g/mol. The van der Waals surface area contributed by atoms with E-state index < -0.39 is 11.7 Å². The van der Waals surface area contributed by atoms with E-state index in [0.29, 0.717) is 11.4 Å². The van der Waals surface area contributed by atoms with Crippen LogP contribution in [0.2, 0.25) is 0 Å². The summed E-state index contributed by atoms with van der Waals surface area (Å²) in [5.74, 6) is -0.541. The summed E-state index contributed by atoms with van der Waals surface area (Å²) in [5, 5.41) is 2.62. The molecule has 0 aliphatic rings. The Morgan fingerprint density at radius 3 is 2.76 bits per heavy atom. The van der Waals surface area contributed by atoms with Crippen molar-refractivity contribution in [3.63, 3.8) is 0 Å². The molecule has 0 aromatic heterocycles. The highest BCUT2D eigenvalue weighted by Gasteiger charge is 2.10. The Labute approximate surface area is 121 Å². The van der Waals surface area contributed by atoms with Crippen molar-refractivity contribution in [1.82, 2.24) is 0 Å². The number of nitrogens with one attached hydrogen (secondary N) is 1. The third-order valence-electron chi connectivity index (χ3n) is 2.70. The maximum atomic E-state index is 13.5. The Balaban J connectivity index is 1.96. The number of rotatable bonds is 5. The van der Waals surface area contributed by atoms with Crippen molar-refractivity contribution in [3.05, 3.63) is 48.3 Å². The van der Waals surface area contributed by atoms with Crippen LogP contribution in [0, 0.1) is 5.82 Å². The van der Waals surface area contributed by atoms with Crippen molar-refractivity contribution in [2.45, 2.75) is 0 Å². The van der Waals surface area contributed by atoms with Gasteiger partial charge in [0.2, 0.25) is 0 Å². The predicted octanol–water partition coefficient (Wildman–Crippen LogP) is 2.43. The van der Waals surface area contributed by atoms with E-state index in [9.17, 15) is 9.18 Å². The molecule has 0 aliphatic heterocycles. The summed E-state index contributed by atoms with van der Waals surface area (Å²) in [6.45, 7) is -0.345. The summed E-state index contributed by atoms with van der Waals surface area (Å²) in [6, 6.07) is 11.0. The molecule has 2 aromatic carbocycles. The van der Waals surface area contributed by atoms with E-state index in [0.717, 1.165) is 0 Å². The van der Waals surface area contributed by atoms with Crippen LogP contribution in [0.5, 0.6) is 11.5 Å². The summed E-state index contributed by atoms with van der Waals surface area (Å²) in [6.07, 6.45) is 0. The minimum atomic E-state index is -0.607. The van der Waals surface area contributed by atoms with Crippen molar-refractivity contribution in [1.29, 1.82) is 0 Å². The summed E-state index contributed by atoms with van der Waals surface area (Å²) in [4.78, 5) is 11.8. The molecule has 0 aliphatic carbocycles. The van der Waals surface area contributed by atoms with Gasteiger partial charge in [0.1, 0.15) is 5.75 Å². The largest absolute Gasteiger partial charge is 0.497 e. The zero-order valence-electron chi connectivity index (χ0n) is 11.4. The minimum Gasteiger partial charge on any atom is -0.497 e. The number of anilines is 2. The first-order valence-electron chi connectivity index (χ1n) is 6.21. The van der Waals surface area contributed by atoms with Crippen LogP contribution in [-0.4, -0.2) is 19.6 Å². The van der Waals surface area contributed by atoms with Gasteiger partial charge in [-0.2, -0.15) is 0 Å². The van der Waals surface area contributed by atoms with E-state index in [4.69, 9.17) is 15.2 Å². The molecule has 0 radical (unpaired) electrons. The van der Waals surface area contributed by atoms with Gasteiger partial charge in [-0.15, -0.1) is 0 Å². The Morgan fingerprint density at radius 2 is 2.05 bits per heavy atom. The molecule has 0 spiro atoms. The molecule has 0 saturated heterocycles. The van der Waals surface area contributed by atoms with Crippen molar-refractivity contribution in [2.24, 2.45) is 0 Å². The molecule has 0 bridgehead atoms. The number of amides is 1. The smallest absolute Gasteiger partial charge is 0.262 e. The highest BCUT2D eigenvalue weighted by atomic mass is 19.1. The van der Waals surface area contributed by atoms with Gasteiger partial charge in [0.15, 0.2) is 18.2 Å². The number of hydrogen-bond donors (Lipinski definition) is 2. The molecule has 0 unspecified atom stereocenters. The van der Waals surface area contributed by atoms with Crippen LogP contribution in [0.25, 0.3) is 0 Å². The van der Waals surface area contributed by atoms with Gasteiger partial charge in [-0.25, -0.2) is 4.39 Å². The molecular weight excluding hydrogens is 275 g/mol. The summed E-state index contributed by atoms with van der Waals surface area (Å²) < 4.78 is 23.6. The number of methoxy groups -OCH3 is 1. The third-order valence-corrected chi connectivity index (χ3v) is 2.70. The first-order chi connectivity index (χ1) is 10.1. The van der Waals surface area contributed by atoms with E-state index >= 15 is 0 Å². The second kappa shape index (κ2) is 6.60. The standard InChI is InChI=1S/C15H15FN2O3/c1-20-11-5-2-4-10(8-11)18-14(19)9-21-15-12(16)6-3-7-13(15)17/h2-8H,9,17H2,1H3,(H,18,19). The normalized spacial score (nSPS) is 10.0. The Bertz CT molecular complexity index is 626. The number of para-hydroxylation sites is 1. The third kappa shape index (κ3) is 3.85. The molecule has 6 heteroatoms. The van der Waals surface area contributed by atoms with Crippen molar-refractivity contribution in [3.8, 4) is 11.5 Å². The first kappa shape index (κ1) is 14.6. The number of carbonyl (C=O) groups is 1. The number of hydrogen-bond acceptors (Lipinski definition) is 4. The van der Waals surface area contributed by atoms with Gasteiger partial charge in [-0.05, 0) is 24.3 Å². The average Bonchev–Trinajstić information content (AvgIpc) is 2.47.